The maximum absolute atomic E-state index is 14.2. The molecule has 1 saturated heterocycles. The quantitative estimate of drug-likeness (QED) is 0.134. The Kier molecular flexibility index (Phi) is 11.5. The van der Waals surface area contributed by atoms with E-state index in [1.54, 1.807) is 0 Å². The van der Waals surface area contributed by atoms with Gasteiger partial charge in [0.25, 0.3) is 0 Å². The van der Waals surface area contributed by atoms with Gasteiger partial charge in [-0.3, -0.25) is 19.2 Å². The van der Waals surface area contributed by atoms with Gasteiger partial charge < -0.3 is 39.3 Å². The van der Waals surface area contributed by atoms with E-state index in [0.717, 1.165) is 60.0 Å². The van der Waals surface area contributed by atoms with Gasteiger partial charge in [0.15, 0.2) is 30.7 Å². The molecule has 16 nitrogen and oxygen atoms in total. The fourth-order valence-electron chi connectivity index (χ4n) is 10.3. The molecule has 5 fully saturated rings. The fourth-order valence-corrected chi connectivity index (χ4v) is 10.3. The number of fused-ring (bicyclic) bond motifs is 5. The number of primary amides is 1. The largest absolute Gasteiger partial charge is 0.467 e. The number of carbonyl (C=O) groups is 6. The highest BCUT2D eigenvalue weighted by Gasteiger charge is 2.64. The predicted octanol–water partition coefficient (Wildman–Crippen LogP) is 1.92. The lowest BCUT2D eigenvalue weighted by Crippen LogP contribution is -2.64. The van der Waals surface area contributed by atoms with Gasteiger partial charge in [0.2, 0.25) is 0 Å². The molecule has 0 radical (unpaired) electrons. The number of hydrazone groups is 1. The minimum absolute atomic E-state index is 0.0975. The van der Waals surface area contributed by atoms with Crippen molar-refractivity contribution in [1.82, 2.24) is 5.43 Å². The van der Waals surface area contributed by atoms with Gasteiger partial charge in [-0.2, -0.15) is 5.10 Å². The van der Waals surface area contributed by atoms with Crippen LogP contribution in [0.25, 0.3) is 0 Å². The first-order valence-electron chi connectivity index (χ1n) is 17.7. The van der Waals surface area contributed by atoms with Crippen LogP contribution in [0, 0.1) is 40.4 Å². The van der Waals surface area contributed by atoms with Crippen LogP contribution in [0.4, 0.5) is 4.79 Å². The minimum Gasteiger partial charge on any atom is -0.467 e. The Bertz CT molecular complexity index is 1440. The van der Waals surface area contributed by atoms with Crippen molar-refractivity contribution in [2.75, 3.05) is 13.7 Å². The smallest absolute Gasteiger partial charge is 0.339 e. The number of methoxy groups -OCH3 is 1. The molecule has 5 rings (SSSR count). The first-order chi connectivity index (χ1) is 24.0. The molecule has 0 spiro atoms. The van der Waals surface area contributed by atoms with Crippen molar-refractivity contribution in [3.05, 3.63) is 0 Å². The van der Waals surface area contributed by atoms with Gasteiger partial charge in [-0.15, -0.1) is 0 Å². The van der Waals surface area contributed by atoms with Crippen LogP contribution in [0.3, 0.4) is 0 Å². The summed E-state index contributed by atoms with van der Waals surface area (Å²) in [5.41, 5.74) is 7.33. The lowest BCUT2D eigenvalue weighted by Gasteiger charge is -2.59. The average molecular weight is 722 g/mol. The van der Waals surface area contributed by atoms with Crippen LogP contribution in [-0.4, -0.2) is 97.0 Å². The van der Waals surface area contributed by atoms with Gasteiger partial charge in [-0.25, -0.2) is 15.0 Å². The van der Waals surface area contributed by atoms with E-state index in [9.17, 15) is 33.9 Å². The molecule has 4 N–H and O–H groups in total. The highest BCUT2D eigenvalue weighted by molar-refractivity contribution is 5.92. The lowest BCUT2D eigenvalue weighted by molar-refractivity contribution is -0.298. The zero-order chi connectivity index (χ0) is 37.4. The van der Waals surface area contributed by atoms with E-state index in [1.165, 1.54) is 0 Å². The monoisotopic (exact) mass is 721 g/mol. The van der Waals surface area contributed by atoms with Crippen LogP contribution in [0.1, 0.15) is 86.0 Å². The third-order valence-electron chi connectivity index (χ3n) is 12.3. The molecule has 0 bridgehead atoms. The van der Waals surface area contributed by atoms with E-state index < -0.39 is 66.0 Å². The maximum atomic E-state index is 14.2. The van der Waals surface area contributed by atoms with Crippen LogP contribution < -0.4 is 11.2 Å². The first-order valence-corrected chi connectivity index (χ1v) is 17.7. The summed E-state index contributed by atoms with van der Waals surface area (Å²) in [6.45, 7) is 7.24. The summed E-state index contributed by atoms with van der Waals surface area (Å²) in [6.07, 6.45) is -2.38. The summed E-state index contributed by atoms with van der Waals surface area (Å²) in [7, 11) is 1.09. The number of Topliss-reactive ketones (excluding diaryl/α,β-unsaturated/α-hetero) is 1. The molecule has 1 aliphatic heterocycles. The number of esters is 4. The van der Waals surface area contributed by atoms with Crippen LogP contribution in [-0.2, 0) is 52.4 Å². The van der Waals surface area contributed by atoms with Gasteiger partial charge in [0, 0.05) is 39.0 Å². The molecule has 5 aliphatic rings. The third kappa shape index (κ3) is 7.63. The Morgan fingerprint density at radius 3 is 2.20 bits per heavy atom. The van der Waals surface area contributed by atoms with Crippen LogP contribution in [0.2, 0.25) is 0 Å². The molecule has 0 aromatic carbocycles. The van der Waals surface area contributed by atoms with Crippen LogP contribution >= 0.6 is 0 Å². The number of aliphatic hydroxyl groups is 1. The number of ether oxygens (including phenoxy) is 6. The summed E-state index contributed by atoms with van der Waals surface area (Å²) in [6, 6.07) is -0.922. The zero-order valence-corrected chi connectivity index (χ0v) is 30.1. The molecule has 13 atom stereocenters. The summed E-state index contributed by atoms with van der Waals surface area (Å²) in [5, 5.41) is 14.8. The van der Waals surface area contributed by atoms with Crippen molar-refractivity contribution in [3.8, 4) is 0 Å². The summed E-state index contributed by atoms with van der Waals surface area (Å²) in [4.78, 5) is 75.6. The number of nitrogens with zero attached hydrogens (tertiary/aromatic N) is 1. The molecule has 4 saturated carbocycles. The van der Waals surface area contributed by atoms with E-state index in [1.807, 2.05) is 0 Å². The lowest BCUT2D eigenvalue weighted by atomic mass is 9.44. The van der Waals surface area contributed by atoms with Crippen molar-refractivity contribution >= 4 is 41.4 Å². The first kappa shape index (κ1) is 38.6. The molecule has 0 aromatic heterocycles. The van der Waals surface area contributed by atoms with Gasteiger partial charge in [0.05, 0.1) is 25.5 Å². The molecular formula is C35H51N3O13. The summed E-state index contributed by atoms with van der Waals surface area (Å²) >= 11 is 0. The number of nitrogens with one attached hydrogen (secondary N) is 1. The van der Waals surface area contributed by atoms with Crippen molar-refractivity contribution < 1.29 is 62.3 Å². The number of carbonyl (C=O) groups excluding carboxylic acids is 6. The van der Waals surface area contributed by atoms with E-state index >= 15 is 0 Å². The topological polar surface area (TPSA) is 228 Å². The van der Waals surface area contributed by atoms with Gasteiger partial charge in [-0.1, -0.05) is 13.8 Å². The second kappa shape index (κ2) is 15.2. The molecule has 51 heavy (non-hydrogen) atoms. The van der Waals surface area contributed by atoms with Gasteiger partial charge in [0.1, 0.15) is 5.78 Å². The zero-order valence-electron chi connectivity index (χ0n) is 30.1. The maximum Gasteiger partial charge on any atom is 0.339 e. The Hall–Kier alpha value is -3.63. The summed E-state index contributed by atoms with van der Waals surface area (Å²) < 4.78 is 33.2. The Labute approximate surface area is 296 Å². The Morgan fingerprint density at radius 2 is 1.57 bits per heavy atom. The SMILES string of the molecule is COC(=O)C1O[C@H](OCC(=NNC(N)=O)C2CCC3C4CCC5C[C@H](O)CCC5(C)C4C(=O)CC23C)[C@@H](OC(C)=O)[C@H](OC(C)=O)[C@H]1OC(C)=O. The Morgan fingerprint density at radius 1 is 0.922 bits per heavy atom. The second-order valence-corrected chi connectivity index (χ2v) is 15.3. The number of amides is 2. The van der Waals surface area contributed by atoms with Crippen LogP contribution in [0.5, 0.6) is 0 Å². The molecule has 2 amide bonds. The van der Waals surface area contributed by atoms with Crippen molar-refractivity contribution in [2.24, 2.45) is 51.3 Å². The molecule has 284 valence electrons. The summed E-state index contributed by atoms with van der Waals surface area (Å²) in [5.74, 6) is -3.07. The molecule has 8 unspecified atom stereocenters. The Balaban J connectivity index is 1.44. The standard InChI is InChI=1S/C35H51N3O13/c1-16(39)48-27-28(49-17(2)40)30(50-18(3)41)32(51-29(27)31(44)46-6)47-15-24(37-38-33(36)45)23-10-9-22-21-8-7-19-13-20(42)11-12-34(19,4)26(21)25(43)14-35(22,23)5/h19-23,26-30,32,42H,7-15H2,1-6H3,(H3,36,38,45)/t19?,20-,21?,22?,23?,26?,27-,28-,29?,30+,32+,34?,35?/m1/s1. The number of nitrogens with two attached hydrogens (primary N) is 1. The second-order valence-electron chi connectivity index (χ2n) is 15.3. The number of aliphatic hydroxyl groups excluding tert-OH is 1. The molecule has 4 aliphatic carbocycles. The van der Waals surface area contributed by atoms with E-state index in [0.29, 0.717) is 30.9 Å². The van der Waals surface area contributed by atoms with Crippen molar-refractivity contribution in [3.63, 3.8) is 0 Å². The fraction of sp³-hybridized carbons (Fsp3) is 0.800. The third-order valence-corrected chi connectivity index (χ3v) is 12.3. The molecule has 0 aromatic rings. The van der Waals surface area contributed by atoms with Gasteiger partial charge >= 0.3 is 29.9 Å². The van der Waals surface area contributed by atoms with Crippen molar-refractivity contribution in [1.29, 1.82) is 0 Å². The number of hydrogen-bond donors (Lipinski definition) is 3. The number of urea groups is 1. The highest BCUT2D eigenvalue weighted by atomic mass is 16.7. The molecule has 16 heteroatoms. The highest BCUT2D eigenvalue weighted by Crippen LogP contribution is 2.66. The van der Waals surface area contributed by atoms with E-state index in [4.69, 9.17) is 34.2 Å². The normalized spacial score (nSPS) is 40.5. The van der Waals surface area contributed by atoms with Crippen LogP contribution in [0.15, 0.2) is 5.10 Å². The van der Waals surface area contributed by atoms with E-state index in [-0.39, 0.29) is 47.6 Å². The average Bonchev–Trinajstić information content (AvgIpc) is 3.38. The molecular weight excluding hydrogens is 670 g/mol. The van der Waals surface area contributed by atoms with Crippen molar-refractivity contribution in [2.45, 2.75) is 123 Å². The van der Waals surface area contributed by atoms with Gasteiger partial charge in [-0.05, 0) is 73.5 Å². The predicted molar refractivity (Wildman–Crippen MR) is 175 cm³/mol. The van der Waals surface area contributed by atoms with E-state index in [2.05, 4.69) is 24.4 Å². The minimum atomic E-state index is -1.65. The number of ketones is 1. The number of hydrogen-bond acceptors (Lipinski definition) is 14. The number of rotatable bonds is 9. The molecule has 1 heterocycles.